The first-order chi connectivity index (χ1) is 7.75. The standard InChI is InChI=1S/C12H14N2O2/c15-12(16)7-9-14-8-6-11(13-14)10-4-2-1-3-5-10/h1-5H,6-9H2,(H,15,16). The van der Waals surface area contributed by atoms with Gasteiger partial charge in [0.05, 0.1) is 12.1 Å². The van der Waals surface area contributed by atoms with Crippen molar-refractivity contribution in [2.24, 2.45) is 5.10 Å². The number of carbonyl (C=O) groups is 1. The van der Waals surface area contributed by atoms with Gasteiger partial charge in [0.25, 0.3) is 0 Å². The van der Waals surface area contributed by atoms with E-state index in [2.05, 4.69) is 5.10 Å². The lowest BCUT2D eigenvalue weighted by Crippen LogP contribution is -2.18. The Labute approximate surface area is 94.2 Å². The summed E-state index contributed by atoms with van der Waals surface area (Å²) < 4.78 is 0. The van der Waals surface area contributed by atoms with Crippen LogP contribution in [0.25, 0.3) is 0 Å². The van der Waals surface area contributed by atoms with Crippen molar-refractivity contribution < 1.29 is 9.90 Å². The summed E-state index contributed by atoms with van der Waals surface area (Å²) in [5.41, 5.74) is 2.17. The first-order valence-electron chi connectivity index (χ1n) is 5.35. The largest absolute Gasteiger partial charge is 0.481 e. The Kier molecular flexibility index (Phi) is 3.19. The van der Waals surface area contributed by atoms with Gasteiger partial charge in [-0.25, -0.2) is 0 Å². The van der Waals surface area contributed by atoms with Gasteiger partial charge in [-0.3, -0.25) is 9.80 Å². The Morgan fingerprint density at radius 1 is 1.38 bits per heavy atom. The molecule has 0 aliphatic carbocycles. The highest BCUT2D eigenvalue weighted by Crippen LogP contribution is 2.13. The average molecular weight is 218 g/mol. The molecule has 4 heteroatoms. The Morgan fingerprint density at radius 3 is 2.81 bits per heavy atom. The molecule has 1 aromatic rings. The number of rotatable bonds is 4. The lowest BCUT2D eigenvalue weighted by molar-refractivity contribution is -0.137. The highest BCUT2D eigenvalue weighted by Gasteiger charge is 2.15. The van der Waals surface area contributed by atoms with E-state index in [0.29, 0.717) is 6.54 Å². The minimum Gasteiger partial charge on any atom is -0.481 e. The molecule has 2 rings (SSSR count). The fourth-order valence-corrected chi connectivity index (χ4v) is 1.72. The molecule has 1 N–H and O–H groups in total. The van der Waals surface area contributed by atoms with Gasteiger partial charge in [0, 0.05) is 19.5 Å². The predicted octanol–water partition coefficient (Wildman–Crippen LogP) is 1.57. The molecule has 84 valence electrons. The molecule has 0 saturated heterocycles. The van der Waals surface area contributed by atoms with Crippen LogP contribution < -0.4 is 0 Å². The van der Waals surface area contributed by atoms with E-state index < -0.39 is 5.97 Å². The summed E-state index contributed by atoms with van der Waals surface area (Å²) >= 11 is 0. The fourth-order valence-electron chi connectivity index (χ4n) is 1.72. The number of nitrogens with zero attached hydrogens (tertiary/aromatic N) is 2. The fraction of sp³-hybridized carbons (Fsp3) is 0.333. The van der Waals surface area contributed by atoms with Crippen LogP contribution >= 0.6 is 0 Å². The maximum absolute atomic E-state index is 10.4. The molecule has 1 aliphatic heterocycles. The van der Waals surface area contributed by atoms with Gasteiger partial charge in [-0.05, 0) is 5.56 Å². The number of aliphatic carboxylic acids is 1. The second-order valence-electron chi connectivity index (χ2n) is 3.76. The van der Waals surface area contributed by atoms with E-state index in [1.807, 2.05) is 35.3 Å². The van der Waals surface area contributed by atoms with E-state index in [9.17, 15) is 4.79 Å². The van der Waals surface area contributed by atoms with E-state index in [4.69, 9.17) is 5.11 Å². The summed E-state index contributed by atoms with van der Waals surface area (Å²) in [6.45, 7) is 1.31. The van der Waals surface area contributed by atoms with Crippen LogP contribution in [0, 0.1) is 0 Å². The topological polar surface area (TPSA) is 52.9 Å². The monoisotopic (exact) mass is 218 g/mol. The minimum atomic E-state index is -0.775. The Morgan fingerprint density at radius 2 is 2.12 bits per heavy atom. The first kappa shape index (κ1) is 10.7. The van der Waals surface area contributed by atoms with Crippen LogP contribution in [0.4, 0.5) is 0 Å². The predicted molar refractivity (Wildman–Crippen MR) is 61.4 cm³/mol. The second-order valence-corrected chi connectivity index (χ2v) is 3.76. The zero-order valence-corrected chi connectivity index (χ0v) is 8.97. The molecule has 1 heterocycles. The van der Waals surface area contributed by atoms with Crippen molar-refractivity contribution >= 4 is 11.7 Å². The molecule has 0 saturated carbocycles. The van der Waals surface area contributed by atoms with Crippen molar-refractivity contribution in [1.82, 2.24) is 5.01 Å². The molecule has 1 aliphatic rings. The number of hydrogen-bond acceptors (Lipinski definition) is 3. The van der Waals surface area contributed by atoms with E-state index in [-0.39, 0.29) is 6.42 Å². The molecule has 0 unspecified atom stereocenters. The van der Waals surface area contributed by atoms with Crippen LogP contribution in [0.5, 0.6) is 0 Å². The van der Waals surface area contributed by atoms with Crippen LogP contribution in [0.15, 0.2) is 35.4 Å². The van der Waals surface area contributed by atoms with E-state index in [1.54, 1.807) is 0 Å². The van der Waals surface area contributed by atoms with Gasteiger partial charge in [-0.1, -0.05) is 30.3 Å². The Bertz CT molecular complexity index is 401. The normalized spacial score (nSPS) is 15.0. The zero-order valence-electron chi connectivity index (χ0n) is 8.97. The number of benzene rings is 1. The summed E-state index contributed by atoms with van der Waals surface area (Å²) in [5.74, 6) is -0.775. The molecule has 16 heavy (non-hydrogen) atoms. The van der Waals surface area contributed by atoms with Crippen LogP contribution in [0.3, 0.4) is 0 Å². The maximum atomic E-state index is 10.4. The molecular formula is C12H14N2O2. The van der Waals surface area contributed by atoms with Crippen molar-refractivity contribution in [1.29, 1.82) is 0 Å². The minimum absolute atomic E-state index is 0.144. The molecular weight excluding hydrogens is 204 g/mol. The summed E-state index contributed by atoms with van der Waals surface area (Å²) in [6, 6.07) is 10.00. The Balaban J connectivity index is 1.98. The first-order valence-corrected chi connectivity index (χ1v) is 5.35. The van der Waals surface area contributed by atoms with Crippen molar-refractivity contribution in [3.63, 3.8) is 0 Å². The van der Waals surface area contributed by atoms with Gasteiger partial charge in [0.15, 0.2) is 0 Å². The highest BCUT2D eigenvalue weighted by atomic mass is 16.4. The van der Waals surface area contributed by atoms with Crippen LogP contribution in [0.2, 0.25) is 0 Å². The number of carboxylic acids is 1. The highest BCUT2D eigenvalue weighted by molar-refractivity contribution is 6.01. The Hall–Kier alpha value is -1.84. The molecule has 0 radical (unpaired) electrons. The average Bonchev–Trinajstić information content (AvgIpc) is 2.76. The third-order valence-corrected chi connectivity index (χ3v) is 2.56. The number of hydrazone groups is 1. The number of carboxylic acid groups (broad SMARTS) is 1. The van der Waals surface area contributed by atoms with Crippen LogP contribution in [-0.2, 0) is 4.79 Å². The van der Waals surface area contributed by atoms with E-state index in [1.165, 1.54) is 0 Å². The molecule has 0 aromatic heterocycles. The molecule has 0 fully saturated rings. The quantitative estimate of drug-likeness (QED) is 0.834. The van der Waals surface area contributed by atoms with Crippen LogP contribution in [-0.4, -0.2) is 34.9 Å². The number of hydrogen-bond donors (Lipinski definition) is 1. The van der Waals surface area contributed by atoms with E-state index >= 15 is 0 Å². The van der Waals surface area contributed by atoms with Crippen molar-refractivity contribution in [3.8, 4) is 0 Å². The maximum Gasteiger partial charge on any atom is 0.305 e. The van der Waals surface area contributed by atoms with Crippen molar-refractivity contribution in [2.75, 3.05) is 13.1 Å². The molecule has 4 nitrogen and oxygen atoms in total. The lowest BCUT2D eigenvalue weighted by Gasteiger charge is -2.10. The van der Waals surface area contributed by atoms with Gasteiger partial charge < -0.3 is 5.11 Å². The third kappa shape index (κ3) is 2.59. The summed E-state index contributed by atoms with van der Waals surface area (Å²) in [6.07, 6.45) is 1.04. The van der Waals surface area contributed by atoms with Crippen molar-refractivity contribution in [2.45, 2.75) is 12.8 Å². The summed E-state index contributed by atoms with van der Waals surface area (Å²) in [4.78, 5) is 10.4. The summed E-state index contributed by atoms with van der Waals surface area (Å²) in [7, 11) is 0. The molecule has 0 bridgehead atoms. The van der Waals surface area contributed by atoms with Gasteiger partial charge >= 0.3 is 5.97 Å². The molecule has 0 spiro atoms. The van der Waals surface area contributed by atoms with Gasteiger partial charge in [0.2, 0.25) is 0 Å². The third-order valence-electron chi connectivity index (χ3n) is 2.56. The van der Waals surface area contributed by atoms with Gasteiger partial charge in [-0.2, -0.15) is 5.10 Å². The molecule has 0 atom stereocenters. The molecule has 1 aromatic carbocycles. The summed E-state index contributed by atoms with van der Waals surface area (Å²) in [5, 5.41) is 14.8. The molecule has 0 amide bonds. The lowest BCUT2D eigenvalue weighted by atomic mass is 10.1. The van der Waals surface area contributed by atoms with E-state index in [0.717, 1.165) is 24.2 Å². The van der Waals surface area contributed by atoms with Crippen LogP contribution in [0.1, 0.15) is 18.4 Å². The smallest absolute Gasteiger partial charge is 0.305 e. The van der Waals surface area contributed by atoms with Crippen molar-refractivity contribution in [3.05, 3.63) is 35.9 Å². The zero-order chi connectivity index (χ0) is 11.4. The SMILES string of the molecule is O=C(O)CCN1CCC(c2ccccc2)=N1. The van der Waals surface area contributed by atoms with Gasteiger partial charge in [0.1, 0.15) is 0 Å². The second kappa shape index (κ2) is 4.79. The van der Waals surface area contributed by atoms with Gasteiger partial charge in [-0.15, -0.1) is 0 Å².